The second kappa shape index (κ2) is 14.3. The monoisotopic (exact) mass is 760 g/mol. The molecule has 55 heavy (non-hydrogen) atoms. The van der Waals surface area contributed by atoms with Gasteiger partial charge in [0.2, 0.25) is 11.8 Å². The molecule has 3 N–H and O–H groups in total. The number of anilines is 2. The SMILES string of the molecule is CN(CCC1CCC(n2cc3cc(NC(=O)c4cccc(C(F)(F)F)n4)c(C(C)(C)O)cc3n2)CC1)c1cccc2c1n(C)c(=O)n2C1CCC(=O)NC1=O. The molecule has 13 nitrogen and oxygen atoms in total. The molecular formula is C39H43F3N8O5. The summed E-state index contributed by atoms with van der Waals surface area (Å²) in [5.74, 6) is -1.17. The van der Waals surface area contributed by atoms with Crippen molar-refractivity contribution < 1.29 is 32.7 Å². The summed E-state index contributed by atoms with van der Waals surface area (Å²) in [5.41, 5.74) is 0.213. The van der Waals surface area contributed by atoms with Gasteiger partial charge >= 0.3 is 11.9 Å². The number of halogens is 3. The summed E-state index contributed by atoms with van der Waals surface area (Å²) < 4.78 is 44.7. The van der Waals surface area contributed by atoms with Crippen molar-refractivity contribution in [1.29, 1.82) is 0 Å². The number of imidazole rings is 1. The lowest BCUT2D eigenvalue weighted by atomic mass is 9.84. The van der Waals surface area contributed by atoms with Crippen LogP contribution < -0.4 is 21.2 Å². The average molecular weight is 761 g/mol. The van der Waals surface area contributed by atoms with Crippen LogP contribution in [0, 0.1) is 5.92 Å². The number of alkyl halides is 3. The summed E-state index contributed by atoms with van der Waals surface area (Å²) in [6, 6.07) is 11.6. The van der Waals surface area contributed by atoms with E-state index in [-0.39, 0.29) is 36.2 Å². The number of hydrogen-bond acceptors (Lipinski definition) is 8. The number of para-hydroxylation sites is 1. The molecule has 1 aliphatic heterocycles. The fourth-order valence-corrected chi connectivity index (χ4v) is 7.94. The van der Waals surface area contributed by atoms with Crippen molar-refractivity contribution in [2.75, 3.05) is 23.8 Å². The zero-order valence-corrected chi connectivity index (χ0v) is 31.0. The van der Waals surface area contributed by atoms with Crippen molar-refractivity contribution in [2.45, 2.75) is 82.7 Å². The lowest BCUT2D eigenvalue weighted by molar-refractivity contribution is -0.141. The van der Waals surface area contributed by atoms with Gasteiger partial charge in [0, 0.05) is 49.9 Å². The Kier molecular flexibility index (Phi) is 9.82. The molecule has 4 heterocycles. The van der Waals surface area contributed by atoms with Crippen LogP contribution in [-0.2, 0) is 28.4 Å². The third kappa shape index (κ3) is 7.46. The topological polar surface area (TPSA) is 156 Å². The van der Waals surface area contributed by atoms with E-state index in [1.54, 1.807) is 37.6 Å². The Morgan fingerprint density at radius 3 is 2.45 bits per heavy atom. The molecule has 7 rings (SSSR count). The Labute approximate surface area is 314 Å². The highest BCUT2D eigenvalue weighted by Gasteiger charge is 2.34. The maximum atomic E-state index is 13.4. The minimum atomic E-state index is -4.70. The molecule has 5 aromatic rings. The number of imide groups is 1. The summed E-state index contributed by atoms with van der Waals surface area (Å²) in [4.78, 5) is 56.5. The Hall–Kier alpha value is -5.51. The highest BCUT2D eigenvalue weighted by atomic mass is 19.4. The van der Waals surface area contributed by atoms with E-state index >= 15 is 0 Å². The van der Waals surface area contributed by atoms with Crippen LogP contribution in [0.2, 0.25) is 0 Å². The van der Waals surface area contributed by atoms with Gasteiger partial charge in [-0.3, -0.25) is 33.5 Å². The molecule has 1 aliphatic carbocycles. The van der Waals surface area contributed by atoms with E-state index in [0.29, 0.717) is 27.9 Å². The molecule has 16 heteroatoms. The van der Waals surface area contributed by atoms with Crippen LogP contribution in [0.25, 0.3) is 21.9 Å². The minimum Gasteiger partial charge on any atom is -0.386 e. The van der Waals surface area contributed by atoms with Gasteiger partial charge in [0.1, 0.15) is 17.4 Å². The molecule has 3 amide bonds. The number of fused-ring (bicyclic) bond motifs is 2. The molecular weight excluding hydrogens is 717 g/mol. The number of nitrogens with zero attached hydrogens (tertiary/aromatic N) is 6. The van der Waals surface area contributed by atoms with E-state index in [0.717, 1.165) is 62.0 Å². The molecule has 1 saturated carbocycles. The van der Waals surface area contributed by atoms with Crippen LogP contribution in [0.15, 0.2) is 59.5 Å². The van der Waals surface area contributed by atoms with E-state index in [9.17, 15) is 37.5 Å². The average Bonchev–Trinajstić information content (AvgIpc) is 3.67. The van der Waals surface area contributed by atoms with Gasteiger partial charge in [-0.1, -0.05) is 12.1 Å². The molecule has 2 aromatic carbocycles. The normalized spacial score (nSPS) is 19.5. The number of aromatic nitrogens is 5. The van der Waals surface area contributed by atoms with Crippen LogP contribution in [-0.4, -0.2) is 60.3 Å². The molecule has 2 fully saturated rings. The Morgan fingerprint density at radius 2 is 1.76 bits per heavy atom. The first-order valence-electron chi connectivity index (χ1n) is 18.4. The molecule has 1 saturated heterocycles. The molecule has 0 spiro atoms. The van der Waals surface area contributed by atoms with Crippen molar-refractivity contribution in [1.82, 2.24) is 29.2 Å². The van der Waals surface area contributed by atoms with Gasteiger partial charge in [-0.05, 0) is 94.7 Å². The quantitative estimate of drug-likeness (QED) is 0.159. The van der Waals surface area contributed by atoms with E-state index in [4.69, 9.17) is 5.10 Å². The van der Waals surface area contributed by atoms with Gasteiger partial charge < -0.3 is 15.3 Å². The van der Waals surface area contributed by atoms with E-state index in [1.807, 2.05) is 36.1 Å². The molecule has 2 aliphatic rings. The van der Waals surface area contributed by atoms with Crippen LogP contribution in [0.1, 0.15) is 92.6 Å². The van der Waals surface area contributed by atoms with Crippen LogP contribution >= 0.6 is 0 Å². The zero-order valence-electron chi connectivity index (χ0n) is 31.0. The highest BCUT2D eigenvalue weighted by molar-refractivity contribution is 6.04. The number of piperidine rings is 1. The fourth-order valence-electron chi connectivity index (χ4n) is 7.94. The minimum absolute atomic E-state index is 0.134. The second-order valence-electron chi connectivity index (χ2n) is 15.2. The number of hydrogen-bond donors (Lipinski definition) is 3. The fraction of sp³-hybridized carbons (Fsp3) is 0.436. The first-order valence-corrected chi connectivity index (χ1v) is 18.4. The third-order valence-corrected chi connectivity index (χ3v) is 10.9. The van der Waals surface area contributed by atoms with Crippen LogP contribution in [0.5, 0.6) is 0 Å². The predicted molar refractivity (Wildman–Crippen MR) is 200 cm³/mol. The third-order valence-electron chi connectivity index (χ3n) is 10.9. The summed E-state index contributed by atoms with van der Waals surface area (Å²) in [7, 11) is 3.70. The van der Waals surface area contributed by atoms with Crippen LogP contribution in [0.4, 0.5) is 24.5 Å². The maximum Gasteiger partial charge on any atom is 0.433 e. The number of aliphatic hydroxyl groups is 1. The Balaban J connectivity index is 1.02. The summed E-state index contributed by atoms with van der Waals surface area (Å²) in [6.45, 7) is 3.87. The molecule has 0 radical (unpaired) electrons. The number of rotatable bonds is 9. The first kappa shape index (κ1) is 37.8. The van der Waals surface area contributed by atoms with Gasteiger partial charge in [0.15, 0.2) is 0 Å². The number of amides is 3. The number of carbonyl (C=O) groups is 3. The lowest BCUT2D eigenvalue weighted by Gasteiger charge is -2.30. The zero-order chi connectivity index (χ0) is 39.4. The summed E-state index contributed by atoms with van der Waals surface area (Å²) in [6.07, 6.45) is 2.31. The largest absolute Gasteiger partial charge is 0.433 e. The Morgan fingerprint density at radius 1 is 1.04 bits per heavy atom. The van der Waals surface area contributed by atoms with E-state index < -0.39 is 41.0 Å². The van der Waals surface area contributed by atoms with Gasteiger partial charge in [-0.25, -0.2) is 9.78 Å². The number of benzene rings is 2. The first-order chi connectivity index (χ1) is 26.0. The lowest BCUT2D eigenvalue weighted by Crippen LogP contribution is -2.44. The molecule has 290 valence electrons. The van der Waals surface area contributed by atoms with Crippen molar-refractivity contribution in [3.8, 4) is 0 Å². The maximum absolute atomic E-state index is 13.4. The highest BCUT2D eigenvalue weighted by Crippen LogP contribution is 2.38. The summed E-state index contributed by atoms with van der Waals surface area (Å²) >= 11 is 0. The number of aryl methyl sites for hydroxylation is 1. The summed E-state index contributed by atoms with van der Waals surface area (Å²) in [5, 5.41) is 21.5. The predicted octanol–water partition coefficient (Wildman–Crippen LogP) is 5.82. The van der Waals surface area contributed by atoms with Crippen molar-refractivity contribution >= 4 is 51.0 Å². The number of pyridine rings is 1. The van der Waals surface area contributed by atoms with Gasteiger partial charge in [0.25, 0.3) is 5.91 Å². The number of carbonyl (C=O) groups excluding carboxylic acids is 3. The number of nitrogens with one attached hydrogen (secondary N) is 2. The van der Waals surface area contributed by atoms with Gasteiger partial charge in [-0.15, -0.1) is 0 Å². The molecule has 3 aromatic heterocycles. The smallest absolute Gasteiger partial charge is 0.386 e. The van der Waals surface area contributed by atoms with Gasteiger partial charge in [-0.2, -0.15) is 18.3 Å². The standard InChI is InChI=1S/C39H43F3N8O5/c1-38(2,55)25-20-27-23(19-28(25)44-35(52)26-7-5-10-32(43-26)39(40,41)42)21-49(46-27)24-13-11-22(12-14-24)17-18-47(3)29-8-6-9-30-34(29)48(4)37(54)50(30)31-15-16-33(51)45-36(31)53/h5-10,19-22,24,31,55H,11-18H2,1-4H3,(H,44,52)(H,45,51,53). The Bertz CT molecular complexity index is 2360. The second-order valence-corrected chi connectivity index (χ2v) is 15.2. The molecule has 1 unspecified atom stereocenters. The van der Waals surface area contributed by atoms with Crippen LogP contribution in [0.3, 0.4) is 0 Å². The van der Waals surface area contributed by atoms with E-state index in [2.05, 4.69) is 20.5 Å². The molecule has 1 atom stereocenters. The van der Waals surface area contributed by atoms with E-state index in [1.165, 1.54) is 10.6 Å². The van der Waals surface area contributed by atoms with Crippen molar-refractivity contribution in [2.24, 2.45) is 13.0 Å². The molecule has 0 bridgehead atoms. The van der Waals surface area contributed by atoms with Gasteiger partial charge in [0.05, 0.1) is 33.9 Å². The van der Waals surface area contributed by atoms with Crippen molar-refractivity contribution in [3.05, 3.63) is 82.2 Å². The van der Waals surface area contributed by atoms with Crippen molar-refractivity contribution in [3.63, 3.8) is 0 Å².